The van der Waals surface area contributed by atoms with Crippen LogP contribution >= 0.6 is 0 Å². The predicted octanol–water partition coefficient (Wildman–Crippen LogP) is 1.25. The van der Waals surface area contributed by atoms with Crippen LogP contribution in [0.1, 0.15) is 18.2 Å². The van der Waals surface area contributed by atoms with Gasteiger partial charge in [0.15, 0.2) is 0 Å². The molecular weight excluding hydrogens is 208 g/mol. The molecule has 0 aliphatic rings. The van der Waals surface area contributed by atoms with Gasteiger partial charge in [0.05, 0.1) is 5.69 Å². The Labute approximate surface area is 93.8 Å². The highest BCUT2D eigenvalue weighted by atomic mass is 32.2. The standard InChI is InChI=1S/C11H18N2OS/c1-9-4-5-11(13-6-9)7-12-10(2)8-15(3)14/h4-6,10,12H,7-8H2,1-3H3. The normalized spacial score (nSPS) is 14.9. The zero-order chi connectivity index (χ0) is 11.3. The van der Waals surface area contributed by atoms with Crippen LogP contribution in [0.2, 0.25) is 0 Å². The molecule has 2 atom stereocenters. The van der Waals surface area contributed by atoms with Gasteiger partial charge in [-0.2, -0.15) is 0 Å². The molecule has 1 N–H and O–H groups in total. The largest absolute Gasteiger partial charge is 0.308 e. The minimum absolute atomic E-state index is 0.263. The first-order chi connectivity index (χ1) is 7.08. The number of aromatic nitrogens is 1. The summed E-state index contributed by atoms with van der Waals surface area (Å²) in [5.74, 6) is 0.686. The highest BCUT2D eigenvalue weighted by Crippen LogP contribution is 1.98. The molecule has 0 spiro atoms. The van der Waals surface area contributed by atoms with Gasteiger partial charge in [0.2, 0.25) is 0 Å². The van der Waals surface area contributed by atoms with Crippen LogP contribution in [0, 0.1) is 6.92 Å². The van der Waals surface area contributed by atoms with Gasteiger partial charge in [0.1, 0.15) is 0 Å². The molecule has 1 aromatic heterocycles. The highest BCUT2D eigenvalue weighted by Gasteiger charge is 2.03. The molecule has 1 heterocycles. The van der Waals surface area contributed by atoms with Gasteiger partial charge in [-0.25, -0.2) is 0 Å². The number of aryl methyl sites for hydroxylation is 1. The molecule has 0 bridgehead atoms. The lowest BCUT2D eigenvalue weighted by Gasteiger charge is -2.11. The number of hydrogen-bond donors (Lipinski definition) is 1. The first-order valence-corrected chi connectivity index (χ1v) is 6.75. The van der Waals surface area contributed by atoms with E-state index in [1.54, 1.807) is 6.26 Å². The van der Waals surface area contributed by atoms with E-state index in [1.807, 2.05) is 32.2 Å². The van der Waals surface area contributed by atoms with Crippen molar-refractivity contribution >= 4 is 10.8 Å². The number of nitrogens with zero attached hydrogens (tertiary/aromatic N) is 1. The number of nitrogens with one attached hydrogen (secondary N) is 1. The van der Waals surface area contributed by atoms with E-state index in [0.29, 0.717) is 5.75 Å². The Morgan fingerprint density at radius 2 is 2.27 bits per heavy atom. The Kier molecular flexibility index (Phi) is 4.91. The Morgan fingerprint density at radius 3 is 2.80 bits per heavy atom. The molecule has 3 nitrogen and oxygen atoms in total. The summed E-state index contributed by atoms with van der Waals surface area (Å²) in [4.78, 5) is 4.29. The van der Waals surface area contributed by atoms with E-state index in [2.05, 4.69) is 10.3 Å². The van der Waals surface area contributed by atoms with Crippen molar-refractivity contribution in [2.75, 3.05) is 12.0 Å². The van der Waals surface area contributed by atoms with Crippen molar-refractivity contribution in [1.82, 2.24) is 10.3 Å². The summed E-state index contributed by atoms with van der Waals surface area (Å²) in [6.45, 7) is 4.79. The van der Waals surface area contributed by atoms with Gasteiger partial charge in [-0.05, 0) is 25.5 Å². The quantitative estimate of drug-likeness (QED) is 0.821. The molecule has 2 unspecified atom stereocenters. The van der Waals surface area contributed by atoms with Crippen LogP contribution in [0.25, 0.3) is 0 Å². The van der Waals surface area contributed by atoms with Crippen molar-refractivity contribution in [3.05, 3.63) is 29.6 Å². The molecule has 15 heavy (non-hydrogen) atoms. The molecule has 84 valence electrons. The van der Waals surface area contributed by atoms with E-state index in [-0.39, 0.29) is 6.04 Å². The van der Waals surface area contributed by atoms with Crippen LogP contribution in [0.4, 0.5) is 0 Å². The maximum absolute atomic E-state index is 11.0. The van der Waals surface area contributed by atoms with Gasteiger partial charge in [-0.15, -0.1) is 0 Å². The van der Waals surface area contributed by atoms with E-state index < -0.39 is 10.8 Å². The van der Waals surface area contributed by atoms with Crippen molar-refractivity contribution in [2.45, 2.75) is 26.4 Å². The van der Waals surface area contributed by atoms with E-state index in [1.165, 1.54) is 5.56 Å². The lowest BCUT2D eigenvalue weighted by atomic mass is 10.2. The Balaban J connectivity index is 2.36. The maximum atomic E-state index is 11.0. The molecule has 0 aliphatic carbocycles. The minimum atomic E-state index is -0.740. The smallest absolute Gasteiger partial charge is 0.0541 e. The van der Waals surface area contributed by atoms with Crippen LogP contribution in [0.5, 0.6) is 0 Å². The highest BCUT2D eigenvalue weighted by molar-refractivity contribution is 7.84. The minimum Gasteiger partial charge on any atom is -0.308 e. The SMILES string of the molecule is Cc1ccc(CNC(C)CS(C)=O)nc1. The molecule has 0 radical (unpaired) electrons. The zero-order valence-electron chi connectivity index (χ0n) is 9.49. The van der Waals surface area contributed by atoms with Gasteiger partial charge in [-0.3, -0.25) is 9.19 Å². The summed E-state index contributed by atoms with van der Waals surface area (Å²) < 4.78 is 11.0. The number of hydrogen-bond acceptors (Lipinski definition) is 3. The molecule has 4 heteroatoms. The topological polar surface area (TPSA) is 42.0 Å². The molecule has 1 aromatic rings. The van der Waals surface area contributed by atoms with Crippen LogP contribution < -0.4 is 5.32 Å². The molecular formula is C11H18N2OS. The fraction of sp³-hybridized carbons (Fsp3) is 0.545. The van der Waals surface area contributed by atoms with Crippen molar-refractivity contribution in [3.63, 3.8) is 0 Å². The molecule has 0 aromatic carbocycles. The van der Waals surface area contributed by atoms with Gasteiger partial charge in [-0.1, -0.05) is 6.07 Å². The lowest BCUT2D eigenvalue weighted by molar-refractivity contribution is 0.580. The fourth-order valence-electron chi connectivity index (χ4n) is 1.29. The van der Waals surface area contributed by atoms with Gasteiger partial charge in [0.25, 0.3) is 0 Å². The van der Waals surface area contributed by atoms with Crippen LogP contribution in [-0.2, 0) is 17.3 Å². The monoisotopic (exact) mass is 226 g/mol. The van der Waals surface area contributed by atoms with Crippen molar-refractivity contribution < 1.29 is 4.21 Å². The molecule has 0 aliphatic heterocycles. The number of rotatable bonds is 5. The second-order valence-electron chi connectivity index (χ2n) is 3.85. The summed E-state index contributed by atoms with van der Waals surface area (Å²) in [7, 11) is -0.740. The Hall–Kier alpha value is -0.740. The van der Waals surface area contributed by atoms with E-state index in [0.717, 1.165) is 12.2 Å². The Bertz CT molecular complexity index is 324. The van der Waals surface area contributed by atoms with E-state index in [9.17, 15) is 4.21 Å². The summed E-state index contributed by atoms with van der Waals surface area (Å²) in [5.41, 5.74) is 2.19. The number of pyridine rings is 1. The maximum Gasteiger partial charge on any atom is 0.0541 e. The third kappa shape index (κ3) is 5.04. The summed E-state index contributed by atoms with van der Waals surface area (Å²) in [6, 6.07) is 4.32. The molecule has 0 saturated carbocycles. The third-order valence-corrected chi connectivity index (χ3v) is 3.06. The first kappa shape index (κ1) is 12.3. The molecule has 1 rings (SSSR count). The van der Waals surface area contributed by atoms with Gasteiger partial charge < -0.3 is 5.32 Å². The predicted molar refractivity (Wildman–Crippen MR) is 64.2 cm³/mol. The van der Waals surface area contributed by atoms with E-state index >= 15 is 0 Å². The van der Waals surface area contributed by atoms with E-state index in [4.69, 9.17) is 0 Å². The third-order valence-electron chi connectivity index (χ3n) is 2.09. The first-order valence-electron chi connectivity index (χ1n) is 5.03. The molecule has 0 fully saturated rings. The summed E-state index contributed by atoms with van der Waals surface area (Å²) >= 11 is 0. The Morgan fingerprint density at radius 1 is 1.53 bits per heavy atom. The van der Waals surface area contributed by atoms with Crippen LogP contribution in [0.3, 0.4) is 0 Å². The molecule has 0 saturated heterocycles. The average molecular weight is 226 g/mol. The summed E-state index contributed by atoms with van der Waals surface area (Å²) in [5, 5.41) is 3.29. The summed E-state index contributed by atoms with van der Waals surface area (Å²) in [6.07, 6.45) is 3.59. The van der Waals surface area contributed by atoms with Gasteiger partial charge in [0, 0.05) is 41.6 Å². The second-order valence-corrected chi connectivity index (χ2v) is 5.33. The van der Waals surface area contributed by atoms with Crippen molar-refractivity contribution in [2.24, 2.45) is 0 Å². The molecule has 0 amide bonds. The van der Waals surface area contributed by atoms with Crippen molar-refractivity contribution in [3.8, 4) is 0 Å². The lowest BCUT2D eigenvalue weighted by Crippen LogP contribution is -2.30. The second kappa shape index (κ2) is 5.98. The zero-order valence-corrected chi connectivity index (χ0v) is 10.3. The van der Waals surface area contributed by atoms with Crippen LogP contribution in [-0.4, -0.2) is 27.2 Å². The van der Waals surface area contributed by atoms with Crippen LogP contribution in [0.15, 0.2) is 18.3 Å². The fourth-order valence-corrected chi connectivity index (χ4v) is 2.11. The van der Waals surface area contributed by atoms with Crippen molar-refractivity contribution in [1.29, 1.82) is 0 Å². The van der Waals surface area contributed by atoms with Gasteiger partial charge >= 0.3 is 0 Å². The average Bonchev–Trinajstić information content (AvgIpc) is 2.16.